The first-order valence-electron chi connectivity index (χ1n) is 12.1. The van der Waals surface area contributed by atoms with Gasteiger partial charge in [-0.2, -0.15) is 0 Å². The Morgan fingerprint density at radius 2 is 1.78 bits per heavy atom. The minimum absolute atomic E-state index is 0.191. The highest BCUT2D eigenvalue weighted by Crippen LogP contribution is 2.37. The minimum Gasteiger partial charge on any atom is -0.496 e. The van der Waals surface area contributed by atoms with Crippen LogP contribution in [0.25, 0.3) is 17.4 Å². The number of hydrogen-bond donors (Lipinski definition) is 0. The molecule has 0 fully saturated rings. The van der Waals surface area contributed by atoms with Crippen molar-refractivity contribution in [3.63, 3.8) is 0 Å². The number of carbonyl (C=O) groups excluding carboxylic acids is 2. The number of rotatable bonds is 6. The van der Waals surface area contributed by atoms with Crippen LogP contribution in [0.1, 0.15) is 34.6 Å². The Bertz CT molecular complexity index is 1920. The molecule has 0 saturated carbocycles. The summed E-state index contributed by atoms with van der Waals surface area (Å²) in [5.74, 6) is 0.0849. The number of hydrogen-bond acceptors (Lipinski definition) is 9. The molecule has 12 heteroatoms. The van der Waals surface area contributed by atoms with Crippen LogP contribution in [0.2, 0.25) is 10.0 Å². The molecule has 0 amide bonds. The lowest BCUT2D eigenvalue weighted by molar-refractivity contribution is -0.136. The lowest BCUT2D eigenvalue weighted by Gasteiger charge is -2.25. The fourth-order valence-electron chi connectivity index (χ4n) is 4.57. The van der Waals surface area contributed by atoms with Gasteiger partial charge in [0.2, 0.25) is 0 Å². The predicted molar refractivity (Wildman–Crippen MR) is 154 cm³/mol. The summed E-state index contributed by atoms with van der Waals surface area (Å²) in [7, 11) is 4.03. The van der Waals surface area contributed by atoms with Gasteiger partial charge in [0, 0.05) is 22.2 Å². The molecular formula is C29H22Cl2N2O7S. The summed E-state index contributed by atoms with van der Waals surface area (Å²) < 4.78 is 23.1. The normalized spacial score (nSPS) is 14.9. The van der Waals surface area contributed by atoms with Crippen LogP contribution in [-0.4, -0.2) is 37.8 Å². The minimum atomic E-state index is -0.896. The van der Waals surface area contributed by atoms with Crippen LogP contribution < -0.4 is 19.6 Å². The maximum absolute atomic E-state index is 13.8. The van der Waals surface area contributed by atoms with Crippen LogP contribution in [0.15, 0.2) is 74.0 Å². The fourth-order valence-corrected chi connectivity index (χ4v) is 5.97. The van der Waals surface area contributed by atoms with Crippen molar-refractivity contribution in [1.82, 2.24) is 4.57 Å². The van der Waals surface area contributed by atoms with Gasteiger partial charge >= 0.3 is 11.9 Å². The molecule has 9 nitrogen and oxygen atoms in total. The van der Waals surface area contributed by atoms with Gasteiger partial charge in [-0.15, -0.1) is 0 Å². The number of benzene rings is 2. The van der Waals surface area contributed by atoms with Crippen molar-refractivity contribution in [2.45, 2.75) is 13.0 Å². The van der Waals surface area contributed by atoms with E-state index in [-0.39, 0.29) is 16.2 Å². The van der Waals surface area contributed by atoms with Gasteiger partial charge in [0.15, 0.2) is 4.80 Å². The number of furan rings is 1. The number of nitrogens with zero attached hydrogens (tertiary/aromatic N) is 2. The van der Waals surface area contributed by atoms with E-state index in [0.29, 0.717) is 48.5 Å². The zero-order valence-corrected chi connectivity index (χ0v) is 24.5. The second-order valence-electron chi connectivity index (χ2n) is 8.85. The number of thiazole rings is 1. The molecule has 210 valence electrons. The van der Waals surface area contributed by atoms with Gasteiger partial charge in [0.25, 0.3) is 5.56 Å². The maximum atomic E-state index is 13.8. The van der Waals surface area contributed by atoms with E-state index in [1.807, 2.05) is 0 Å². The van der Waals surface area contributed by atoms with E-state index in [0.717, 1.165) is 11.3 Å². The molecule has 4 aromatic rings. The molecule has 0 spiro atoms. The molecular weight excluding hydrogens is 591 g/mol. The summed E-state index contributed by atoms with van der Waals surface area (Å²) in [6, 6.07) is 12.4. The zero-order valence-electron chi connectivity index (χ0n) is 22.2. The zero-order chi connectivity index (χ0) is 29.4. The topological polar surface area (TPSA) is 109 Å². The SMILES string of the molecule is COC(=O)C1=C(C)N=c2s/c(=C\c3ccc(-c4ccc(Cl)c(C(=O)OC)c4)o3)c(=O)n2[C@H]1c1cc(Cl)ccc1OC. The van der Waals surface area contributed by atoms with Gasteiger partial charge < -0.3 is 18.6 Å². The van der Waals surface area contributed by atoms with Gasteiger partial charge in [-0.3, -0.25) is 9.36 Å². The van der Waals surface area contributed by atoms with Gasteiger partial charge in [-0.1, -0.05) is 34.5 Å². The summed E-state index contributed by atoms with van der Waals surface area (Å²) in [5, 5.41) is 0.656. The van der Waals surface area contributed by atoms with Crippen molar-refractivity contribution in [3.8, 4) is 17.1 Å². The van der Waals surface area contributed by atoms with Gasteiger partial charge in [0.1, 0.15) is 23.3 Å². The maximum Gasteiger partial charge on any atom is 0.339 e. The van der Waals surface area contributed by atoms with E-state index in [1.54, 1.807) is 61.5 Å². The molecule has 0 saturated heterocycles. The number of aromatic nitrogens is 1. The molecule has 0 N–H and O–H groups in total. The third kappa shape index (κ3) is 5.21. The molecule has 0 bridgehead atoms. The van der Waals surface area contributed by atoms with Crippen LogP contribution >= 0.6 is 34.5 Å². The van der Waals surface area contributed by atoms with E-state index in [9.17, 15) is 14.4 Å². The molecule has 2 aromatic carbocycles. The average molecular weight is 613 g/mol. The summed E-state index contributed by atoms with van der Waals surface area (Å²) >= 11 is 13.6. The Balaban J connectivity index is 1.64. The first kappa shape index (κ1) is 28.4. The lowest BCUT2D eigenvalue weighted by atomic mass is 9.95. The third-order valence-electron chi connectivity index (χ3n) is 6.47. The quantitative estimate of drug-likeness (QED) is 0.288. The molecule has 2 aromatic heterocycles. The smallest absolute Gasteiger partial charge is 0.339 e. The summed E-state index contributed by atoms with van der Waals surface area (Å²) in [5.41, 5.74) is 1.50. The van der Waals surface area contributed by atoms with Crippen molar-refractivity contribution in [3.05, 3.63) is 106 Å². The van der Waals surface area contributed by atoms with E-state index in [2.05, 4.69) is 4.99 Å². The molecule has 3 heterocycles. The Morgan fingerprint density at radius 3 is 2.49 bits per heavy atom. The van der Waals surface area contributed by atoms with Gasteiger partial charge in [-0.05, 0) is 55.5 Å². The van der Waals surface area contributed by atoms with Crippen LogP contribution in [0, 0.1) is 0 Å². The van der Waals surface area contributed by atoms with Crippen LogP contribution in [0.4, 0.5) is 0 Å². The predicted octanol–water partition coefficient (Wildman–Crippen LogP) is 4.77. The van der Waals surface area contributed by atoms with Crippen molar-refractivity contribution in [2.75, 3.05) is 21.3 Å². The number of carbonyl (C=O) groups is 2. The summed E-state index contributed by atoms with van der Waals surface area (Å²) in [6.45, 7) is 1.68. The van der Waals surface area contributed by atoms with Gasteiger partial charge in [0.05, 0.1) is 47.7 Å². The molecule has 1 aliphatic rings. The van der Waals surface area contributed by atoms with E-state index in [1.165, 1.54) is 25.9 Å². The number of halogens is 2. The number of allylic oxidation sites excluding steroid dienone is 1. The van der Waals surface area contributed by atoms with Crippen molar-refractivity contribution >= 4 is 52.6 Å². The lowest BCUT2D eigenvalue weighted by Crippen LogP contribution is -2.40. The fraction of sp³-hybridized carbons (Fsp3) is 0.172. The van der Waals surface area contributed by atoms with Crippen molar-refractivity contribution in [1.29, 1.82) is 0 Å². The van der Waals surface area contributed by atoms with Gasteiger partial charge in [-0.25, -0.2) is 14.6 Å². The Kier molecular flexibility index (Phi) is 7.90. The molecule has 5 rings (SSSR count). The average Bonchev–Trinajstić information content (AvgIpc) is 3.55. The summed E-state index contributed by atoms with van der Waals surface area (Å²) in [6.07, 6.45) is 1.59. The number of fused-ring (bicyclic) bond motifs is 1. The van der Waals surface area contributed by atoms with Crippen LogP contribution in [-0.2, 0) is 14.3 Å². The second kappa shape index (κ2) is 11.4. The number of methoxy groups -OCH3 is 3. The highest BCUT2D eigenvalue weighted by molar-refractivity contribution is 7.07. The highest BCUT2D eigenvalue weighted by atomic mass is 35.5. The number of esters is 2. The highest BCUT2D eigenvalue weighted by Gasteiger charge is 2.35. The molecule has 1 aliphatic heterocycles. The second-order valence-corrected chi connectivity index (χ2v) is 10.7. The first-order chi connectivity index (χ1) is 19.7. The Morgan fingerprint density at radius 1 is 1.02 bits per heavy atom. The van der Waals surface area contributed by atoms with Crippen molar-refractivity contribution < 1.29 is 28.2 Å². The molecule has 0 radical (unpaired) electrons. The first-order valence-corrected chi connectivity index (χ1v) is 13.7. The standard InChI is InChI=1S/C29H22Cl2N2O7S/c1-14-24(28(36)39-4)25(19-12-16(30)6-9-22(19)37-2)33-26(34)23(41-29(33)32-14)13-17-7-10-21(40-17)15-5-8-20(31)18(11-15)27(35)38-3/h5-13,25H,1-4H3/b23-13-/t25-/m0/s1. The molecule has 1 atom stereocenters. The molecule has 0 aliphatic carbocycles. The largest absolute Gasteiger partial charge is 0.496 e. The van der Waals surface area contributed by atoms with E-state index in [4.69, 9.17) is 41.8 Å². The van der Waals surface area contributed by atoms with Crippen LogP contribution in [0.3, 0.4) is 0 Å². The summed E-state index contributed by atoms with van der Waals surface area (Å²) in [4.78, 5) is 43.8. The van der Waals surface area contributed by atoms with E-state index >= 15 is 0 Å². The third-order valence-corrected chi connectivity index (χ3v) is 8.02. The number of ether oxygens (including phenoxy) is 3. The van der Waals surface area contributed by atoms with E-state index < -0.39 is 23.5 Å². The van der Waals surface area contributed by atoms with Crippen LogP contribution in [0.5, 0.6) is 5.75 Å². The van der Waals surface area contributed by atoms with Crippen molar-refractivity contribution in [2.24, 2.45) is 4.99 Å². The molecule has 41 heavy (non-hydrogen) atoms. The Hall–Kier alpha value is -4.12. The Labute approximate surface area is 247 Å². The molecule has 0 unspecified atom stereocenters. The monoisotopic (exact) mass is 612 g/mol.